The SMILES string of the molecule is O=C(c1ccc(Br)c(Cl)c1F)C1CC2CCCCC2N1. The van der Waals surface area contributed by atoms with Crippen molar-refractivity contribution in [2.45, 2.75) is 44.2 Å². The summed E-state index contributed by atoms with van der Waals surface area (Å²) in [7, 11) is 0. The summed E-state index contributed by atoms with van der Waals surface area (Å²) in [6, 6.07) is 3.29. The largest absolute Gasteiger partial charge is 0.304 e. The highest BCUT2D eigenvalue weighted by atomic mass is 79.9. The molecule has 1 aromatic carbocycles. The van der Waals surface area contributed by atoms with Crippen molar-refractivity contribution in [1.29, 1.82) is 0 Å². The van der Waals surface area contributed by atoms with Gasteiger partial charge in [-0.15, -0.1) is 0 Å². The van der Waals surface area contributed by atoms with Crippen LogP contribution in [0.3, 0.4) is 0 Å². The van der Waals surface area contributed by atoms with Crippen LogP contribution in [0.1, 0.15) is 42.5 Å². The van der Waals surface area contributed by atoms with Gasteiger partial charge in [-0.1, -0.05) is 24.4 Å². The standard InChI is InChI=1S/C15H16BrClFNO/c16-10-6-5-9(14(18)13(10)17)15(20)12-7-8-3-1-2-4-11(8)19-12/h5-6,8,11-12,19H,1-4,7H2. The van der Waals surface area contributed by atoms with E-state index in [0.717, 1.165) is 12.8 Å². The first-order chi connectivity index (χ1) is 9.58. The highest BCUT2D eigenvalue weighted by Gasteiger charge is 2.39. The van der Waals surface area contributed by atoms with Crippen molar-refractivity contribution in [3.63, 3.8) is 0 Å². The minimum atomic E-state index is -0.622. The second kappa shape index (κ2) is 5.74. The summed E-state index contributed by atoms with van der Waals surface area (Å²) in [5, 5.41) is 3.36. The van der Waals surface area contributed by atoms with E-state index in [9.17, 15) is 9.18 Å². The lowest BCUT2D eigenvalue weighted by Gasteiger charge is -2.24. The third-order valence-electron chi connectivity index (χ3n) is 4.48. The van der Waals surface area contributed by atoms with Gasteiger partial charge in [0.2, 0.25) is 0 Å². The van der Waals surface area contributed by atoms with Gasteiger partial charge in [-0.05, 0) is 53.2 Å². The van der Waals surface area contributed by atoms with E-state index in [2.05, 4.69) is 21.2 Å². The van der Waals surface area contributed by atoms with Gasteiger partial charge in [0.05, 0.1) is 16.6 Å². The van der Waals surface area contributed by atoms with E-state index in [4.69, 9.17) is 11.6 Å². The van der Waals surface area contributed by atoms with E-state index < -0.39 is 5.82 Å². The van der Waals surface area contributed by atoms with Gasteiger partial charge < -0.3 is 5.32 Å². The molecule has 0 bridgehead atoms. The van der Waals surface area contributed by atoms with Crippen LogP contribution < -0.4 is 5.32 Å². The molecule has 0 spiro atoms. The number of Topliss-reactive ketones (excluding diaryl/α,β-unsaturated/α-hetero) is 1. The first-order valence-electron chi connectivity index (χ1n) is 7.01. The van der Waals surface area contributed by atoms with Crippen LogP contribution in [0.5, 0.6) is 0 Å². The zero-order valence-electron chi connectivity index (χ0n) is 11.0. The molecule has 2 nitrogen and oxygen atoms in total. The molecule has 1 aromatic rings. The Balaban J connectivity index is 1.81. The quantitative estimate of drug-likeness (QED) is 0.628. The highest BCUT2D eigenvalue weighted by molar-refractivity contribution is 9.10. The molecule has 0 aromatic heterocycles. The summed E-state index contributed by atoms with van der Waals surface area (Å²) in [5.41, 5.74) is 0.0920. The monoisotopic (exact) mass is 359 g/mol. The molecule has 3 rings (SSSR count). The van der Waals surface area contributed by atoms with Gasteiger partial charge in [0.1, 0.15) is 0 Å². The highest BCUT2D eigenvalue weighted by Crippen LogP contribution is 2.35. The predicted octanol–water partition coefficient (Wildman–Crippen LogP) is 4.35. The van der Waals surface area contributed by atoms with E-state index >= 15 is 0 Å². The molecule has 1 N–H and O–H groups in total. The topological polar surface area (TPSA) is 29.1 Å². The molecule has 2 aliphatic rings. The fourth-order valence-electron chi connectivity index (χ4n) is 3.43. The molecular weight excluding hydrogens is 345 g/mol. The number of fused-ring (bicyclic) bond motifs is 1. The van der Waals surface area contributed by atoms with Crippen LogP contribution in [0.15, 0.2) is 16.6 Å². The fraction of sp³-hybridized carbons (Fsp3) is 0.533. The number of rotatable bonds is 2. The Kier molecular flexibility index (Phi) is 4.16. The van der Waals surface area contributed by atoms with Crippen molar-refractivity contribution in [1.82, 2.24) is 5.32 Å². The number of ketones is 1. The number of carbonyl (C=O) groups excluding carboxylic acids is 1. The normalized spacial score (nSPS) is 29.2. The molecule has 1 saturated carbocycles. The Bertz CT molecular complexity index is 537. The van der Waals surface area contributed by atoms with Gasteiger partial charge in [-0.25, -0.2) is 4.39 Å². The first-order valence-corrected chi connectivity index (χ1v) is 8.19. The van der Waals surface area contributed by atoms with Crippen LogP contribution in [0.25, 0.3) is 0 Å². The van der Waals surface area contributed by atoms with E-state index in [0.29, 0.717) is 16.4 Å². The summed E-state index contributed by atoms with van der Waals surface area (Å²) in [6.07, 6.45) is 5.56. The maximum atomic E-state index is 14.1. The van der Waals surface area contributed by atoms with Gasteiger partial charge in [-0.2, -0.15) is 0 Å². The van der Waals surface area contributed by atoms with Crippen LogP contribution in [0.2, 0.25) is 5.02 Å². The van der Waals surface area contributed by atoms with E-state index in [1.54, 1.807) is 6.07 Å². The molecule has 1 aliphatic heterocycles. The predicted molar refractivity (Wildman–Crippen MR) is 80.7 cm³/mol. The molecule has 1 aliphatic carbocycles. The van der Waals surface area contributed by atoms with Crippen LogP contribution >= 0.6 is 27.5 Å². The van der Waals surface area contributed by atoms with Crippen LogP contribution in [0, 0.1) is 11.7 Å². The summed E-state index contributed by atoms with van der Waals surface area (Å²) >= 11 is 9.02. The molecule has 20 heavy (non-hydrogen) atoms. The summed E-state index contributed by atoms with van der Waals surface area (Å²) in [6.45, 7) is 0. The summed E-state index contributed by atoms with van der Waals surface area (Å²) in [5.74, 6) is -0.235. The molecule has 0 amide bonds. The maximum absolute atomic E-state index is 14.1. The summed E-state index contributed by atoms with van der Waals surface area (Å²) < 4.78 is 14.6. The lowest BCUT2D eigenvalue weighted by Crippen LogP contribution is -2.37. The van der Waals surface area contributed by atoms with Crippen LogP contribution in [-0.2, 0) is 0 Å². The minimum Gasteiger partial charge on any atom is -0.304 e. The fourth-order valence-corrected chi connectivity index (χ4v) is 3.90. The Morgan fingerprint density at radius 3 is 2.85 bits per heavy atom. The molecule has 1 heterocycles. The van der Waals surface area contributed by atoms with Gasteiger partial charge in [0, 0.05) is 10.5 Å². The van der Waals surface area contributed by atoms with Gasteiger partial charge in [0.15, 0.2) is 11.6 Å². The molecule has 5 heteroatoms. The van der Waals surface area contributed by atoms with Crippen molar-refractivity contribution >= 4 is 33.3 Å². The zero-order chi connectivity index (χ0) is 14.3. The average Bonchev–Trinajstić information content (AvgIpc) is 2.88. The smallest absolute Gasteiger partial charge is 0.182 e. The molecule has 2 fully saturated rings. The Morgan fingerprint density at radius 1 is 1.35 bits per heavy atom. The second-order valence-electron chi connectivity index (χ2n) is 5.69. The molecule has 3 unspecified atom stereocenters. The number of carbonyl (C=O) groups is 1. The van der Waals surface area contributed by atoms with Gasteiger partial charge >= 0.3 is 0 Å². The number of hydrogen-bond donors (Lipinski definition) is 1. The third kappa shape index (κ3) is 2.53. The molecular formula is C15H16BrClFNO. The van der Waals surface area contributed by atoms with Crippen molar-refractivity contribution in [2.75, 3.05) is 0 Å². The van der Waals surface area contributed by atoms with Crippen LogP contribution in [0.4, 0.5) is 4.39 Å². The Morgan fingerprint density at radius 2 is 2.10 bits per heavy atom. The van der Waals surface area contributed by atoms with Crippen LogP contribution in [-0.4, -0.2) is 17.9 Å². The number of hydrogen-bond acceptors (Lipinski definition) is 2. The molecule has 0 radical (unpaired) electrons. The Hall–Kier alpha value is -0.450. The van der Waals surface area contributed by atoms with E-state index in [-0.39, 0.29) is 22.4 Å². The number of nitrogens with one attached hydrogen (secondary N) is 1. The summed E-state index contributed by atoms with van der Waals surface area (Å²) in [4.78, 5) is 12.5. The molecule has 108 valence electrons. The third-order valence-corrected chi connectivity index (χ3v) is 5.74. The van der Waals surface area contributed by atoms with Crippen molar-refractivity contribution < 1.29 is 9.18 Å². The zero-order valence-corrected chi connectivity index (χ0v) is 13.3. The molecule has 1 saturated heterocycles. The molecule has 3 atom stereocenters. The average molecular weight is 361 g/mol. The maximum Gasteiger partial charge on any atom is 0.182 e. The number of benzene rings is 1. The van der Waals surface area contributed by atoms with Gasteiger partial charge in [-0.3, -0.25) is 4.79 Å². The van der Waals surface area contributed by atoms with Crippen molar-refractivity contribution in [3.8, 4) is 0 Å². The Labute approximate surface area is 131 Å². The lowest BCUT2D eigenvalue weighted by atomic mass is 9.84. The van der Waals surface area contributed by atoms with Crippen molar-refractivity contribution in [2.24, 2.45) is 5.92 Å². The second-order valence-corrected chi connectivity index (χ2v) is 6.93. The van der Waals surface area contributed by atoms with Gasteiger partial charge in [0.25, 0.3) is 0 Å². The number of halogens is 3. The first kappa shape index (κ1) is 14.5. The minimum absolute atomic E-state index is 0.0220. The van der Waals surface area contributed by atoms with Crippen molar-refractivity contribution in [3.05, 3.63) is 33.0 Å². The van der Waals surface area contributed by atoms with E-state index in [1.807, 2.05) is 0 Å². The lowest BCUT2D eigenvalue weighted by molar-refractivity contribution is 0.0945. The van der Waals surface area contributed by atoms with E-state index in [1.165, 1.54) is 25.3 Å².